The van der Waals surface area contributed by atoms with Crippen molar-refractivity contribution in [3.8, 4) is 5.75 Å². The van der Waals surface area contributed by atoms with Crippen molar-refractivity contribution in [2.24, 2.45) is 0 Å². The van der Waals surface area contributed by atoms with Gasteiger partial charge in [0.15, 0.2) is 0 Å². The van der Waals surface area contributed by atoms with Crippen molar-refractivity contribution in [2.75, 3.05) is 25.2 Å². The van der Waals surface area contributed by atoms with Crippen molar-refractivity contribution >= 4 is 11.8 Å². The summed E-state index contributed by atoms with van der Waals surface area (Å²) >= 11 is 1.81. The summed E-state index contributed by atoms with van der Waals surface area (Å²) in [5.74, 6) is 2.01. The molecule has 1 atom stereocenters. The van der Waals surface area contributed by atoms with Gasteiger partial charge in [-0.1, -0.05) is 26.0 Å². The van der Waals surface area contributed by atoms with Crippen LogP contribution < -0.4 is 10.1 Å². The number of hydrogen-bond donors (Lipinski definition) is 1. The Morgan fingerprint density at radius 2 is 1.94 bits per heavy atom. The Hall–Kier alpha value is -0.670. The normalized spacial score (nSPS) is 12.4. The highest BCUT2D eigenvalue weighted by Crippen LogP contribution is 2.20. The zero-order valence-corrected chi connectivity index (χ0v) is 12.6. The van der Waals surface area contributed by atoms with Gasteiger partial charge in [0.1, 0.15) is 5.75 Å². The van der Waals surface area contributed by atoms with Crippen LogP contribution in [0.15, 0.2) is 24.3 Å². The van der Waals surface area contributed by atoms with Crippen LogP contribution in [0.3, 0.4) is 0 Å². The minimum Gasteiger partial charge on any atom is -0.493 e. The van der Waals surface area contributed by atoms with Gasteiger partial charge in [0, 0.05) is 11.8 Å². The number of ether oxygens (including phenoxy) is 1. The molecule has 0 aliphatic rings. The lowest BCUT2D eigenvalue weighted by Gasteiger charge is -2.17. The van der Waals surface area contributed by atoms with Gasteiger partial charge < -0.3 is 10.1 Å². The SMILES string of the molecule is CCCNC(CC)c1ccc(OCCSC)cc1. The summed E-state index contributed by atoms with van der Waals surface area (Å²) in [6, 6.07) is 8.96. The summed E-state index contributed by atoms with van der Waals surface area (Å²) in [6.45, 7) is 6.27. The second-order valence-electron chi connectivity index (χ2n) is 4.33. The molecule has 0 saturated heterocycles. The van der Waals surface area contributed by atoms with Crippen molar-refractivity contribution in [1.82, 2.24) is 5.32 Å². The minimum atomic E-state index is 0.463. The maximum atomic E-state index is 5.65. The molecule has 102 valence electrons. The zero-order chi connectivity index (χ0) is 13.2. The first-order valence-electron chi connectivity index (χ1n) is 6.76. The Morgan fingerprint density at radius 1 is 1.22 bits per heavy atom. The molecule has 0 heterocycles. The first-order valence-corrected chi connectivity index (χ1v) is 8.16. The van der Waals surface area contributed by atoms with E-state index >= 15 is 0 Å². The highest BCUT2D eigenvalue weighted by atomic mass is 32.2. The van der Waals surface area contributed by atoms with Gasteiger partial charge in [-0.25, -0.2) is 0 Å². The number of rotatable bonds is 9. The van der Waals surface area contributed by atoms with Gasteiger partial charge in [0.25, 0.3) is 0 Å². The molecule has 2 nitrogen and oxygen atoms in total. The van der Waals surface area contributed by atoms with Crippen LogP contribution in [0.2, 0.25) is 0 Å². The Bertz CT molecular complexity index is 313. The van der Waals surface area contributed by atoms with Gasteiger partial charge >= 0.3 is 0 Å². The van der Waals surface area contributed by atoms with Crippen LogP contribution in [0.25, 0.3) is 0 Å². The van der Waals surface area contributed by atoms with Gasteiger partial charge in [0.05, 0.1) is 6.61 Å². The van der Waals surface area contributed by atoms with E-state index in [0.29, 0.717) is 6.04 Å². The monoisotopic (exact) mass is 267 g/mol. The lowest BCUT2D eigenvalue weighted by atomic mass is 10.0. The van der Waals surface area contributed by atoms with E-state index in [1.54, 1.807) is 11.8 Å². The van der Waals surface area contributed by atoms with E-state index in [0.717, 1.165) is 31.1 Å². The molecule has 0 radical (unpaired) electrons. The van der Waals surface area contributed by atoms with Gasteiger partial charge in [-0.2, -0.15) is 11.8 Å². The molecule has 0 saturated carbocycles. The molecule has 0 aromatic heterocycles. The van der Waals surface area contributed by atoms with Crippen molar-refractivity contribution in [3.05, 3.63) is 29.8 Å². The lowest BCUT2D eigenvalue weighted by Crippen LogP contribution is -2.21. The van der Waals surface area contributed by atoms with E-state index in [9.17, 15) is 0 Å². The second kappa shape index (κ2) is 9.29. The summed E-state index contributed by atoms with van der Waals surface area (Å²) in [4.78, 5) is 0. The summed E-state index contributed by atoms with van der Waals surface area (Å²) in [5, 5.41) is 3.56. The molecule has 0 bridgehead atoms. The largest absolute Gasteiger partial charge is 0.493 e. The van der Waals surface area contributed by atoms with E-state index in [2.05, 4.69) is 49.7 Å². The third-order valence-corrected chi connectivity index (χ3v) is 3.46. The number of hydrogen-bond acceptors (Lipinski definition) is 3. The average molecular weight is 267 g/mol. The molecule has 18 heavy (non-hydrogen) atoms. The second-order valence-corrected chi connectivity index (χ2v) is 5.31. The Kier molecular flexibility index (Phi) is 7.94. The molecule has 0 amide bonds. The van der Waals surface area contributed by atoms with Crippen LogP contribution in [-0.4, -0.2) is 25.2 Å². The summed E-state index contributed by atoms with van der Waals surface area (Å²) in [5.41, 5.74) is 1.35. The summed E-state index contributed by atoms with van der Waals surface area (Å²) < 4.78 is 5.65. The van der Waals surface area contributed by atoms with Crippen molar-refractivity contribution in [3.63, 3.8) is 0 Å². The summed E-state index contributed by atoms with van der Waals surface area (Å²) in [7, 11) is 0. The van der Waals surface area contributed by atoms with Crippen LogP contribution in [0.5, 0.6) is 5.75 Å². The fourth-order valence-electron chi connectivity index (χ4n) is 1.86. The fraction of sp³-hybridized carbons (Fsp3) is 0.600. The topological polar surface area (TPSA) is 21.3 Å². The third-order valence-electron chi connectivity index (χ3n) is 2.89. The van der Waals surface area contributed by atoms with Crippen molar-refractivity contribution in [1.29, 1.82) is 0 Å². The van der Waals surface area contributed by atoms with Gasteiger partial charge in [-0.05, 0) is 43.3 Å². The number of thioether (sulfide) groups is 1. The Labute approximate surface area is 116 Å². The van der Waals surface area contributed by atoms with E-state index < -0.39 is 0 Å². The molecular weight excluding hydrogens is 242 g/mol. The van der Waals surface area contributed by atoms with Crippen molar-refractivity contribution < 1.29 is 4.74 Å². The molecule has 0 fully saturated rings. The predicted octanol–water partition coefficient (Wildman–Crippen LogP) is 3.88. The molecular formula is C15H25NOS. The van der Waals surface area contributed by atoms with Gasteiger partial charge in [-0.15, -0.1) is 0 Å². The molecule has 1 aromatic carbocycles. The first-order chi connectivity index (χ1) is 8.81. The molecule has 1 N–H and O–H groups in total. The first kappa shape index (κ1) is 15.4. The van der Waals surface area contributed by atoms with Gasteiger partial charge in [0.2, 0.25) is 0 Å². The molecule has 0 aliphatic carbocycles. The smallest absolute Gasteiger partial charge is 0.119 e. The average Bonchev–Trinajstić information content (AvgIpc) is 2.41. The maximum Gasteiger partial charge on any atom is 0.119 e. The number of benzene rings is 1. The molecule has 1 aromatic rings. The quantitative estimate of drug-likeness (QED) is 0.686. The molecule has 1 rings (SSSR count). The van der Waals surface area contributed by atoms with Crippen LogP contribution >= 0.6 is 11.8 Å². The van der Waals surface area contributed by atoms with E-state index in [4.69, 9.17) is 4.74 Å². The minimum absolute atomic E-state index is 0.463. The zero-order valence-electron chi connectivity index (χ0n) is 11.7. The highest BCUT2D eigenvalue weighted by Gasteiger charge is 2.07. The van der Waals surface area contributed by atoms with Crippen LogP contribution in [0.4, 0.5) is 0 Å². The molecule has 0 spiro atoms. The van der Waals surface area contributed by atoms with E-state index in [1.165, 1.54) is 12.0 Å². The molecule has 1 unspecified atom stereocenters. The highest BCUT2D eigenvalue weighted by molar-refractivity contribution is 7.98. The number of nitrogens with one attached hydrogen (secondary N) is 1. The fourth-order valence-corrected chi connectivity index (χ4v) is 2.11. The molecule has 3 heteroatoms. The van der Waals surface area contributed by atoms with E-state index in [1.807, 2.05) is 0 Å². The van der Waals surface area contributed by atoms with Gasteiger partial charge in [-0.3, -0.25) is 0 Å². The van der Waals surface area contributed by atoms with Crippen molar-refractivity contribution in [2.45, 2.75) is 32.7 Å². The van der Waals surface area contributed by atoms with Crippen LogP contribution in [-0.2, 0) is 0 Å². The third kappa shape index (κ3) is 5.32. The Balaban J connectivity index is 2.51. The molecule has 0 aliphatic heterocycles. The van der Waals surface area contributed by atoms with Crippen LogP contribution in [0.1, 0.15) is 38.3 Å². The van der Waals surface area contributed by atoms with Crippen LogP contribution in [0, 0.1) is 0 Å². The summed E-state index contributed by atoms with van der Waals surface area (Å²) in [6.07, 6.45) is 4.39. The van der Waals surface area contributed by atoms with E-state index in [-0.39, 0.29) is 0 Å². The lowest BCUT2D eigenvalue weighted by molar-refractivity contribution is 0.344. The standard InChI is InChI=1S/C15H25NOS/c1-4-10-16-15(5-2)13-6-8-14(9-7-13)17-11-12-18-3/h6-9,15-16H,4-5,10-12H2,1-3H3. The maximum absolute atomic E-state index is 5.65. The predicted molar refractivity (Wildman–Crippen MR) is 81.6 cm³/mol. The Morgan fingerprint density at radius 3 is 2.50 bits per heavy atom.